The highest BCUT2D eigenvalue weighted by molar-refractivity contribution is 5.96. The molecule has 2 amide bonds. The van der Waals surface area contributed by atoms with E-state index in [-0.39, 0.29) is 11.8 Å². The summed E-state index contributed by atoms with van der Waals surface area (Å²) >= 11 is 0. The van der Waals surface area contributed by atoms with E-state index >= 15 is 0 Å². The molecule has 6 nitrogen and oxygen atoms in total. The van der Waals surface area contributed by atoms with Crippen LogP contribution in [0.2, 0.25) is 0 Å². The number of hydrogen-bond donors (Lipinski definition) is 2. The Morgan fingerprint density at radius 3 is 2.86 bits per heavy atom. The van der Waals surface area contributed by atoms with Gasteiger partial charge in [-0.05, 0) is 31.4 Å². The van der Waals surface area contributed by atoms with Crippen molar-refractivity contribution in [3.05, 3.63) is 24.0 Å². The molecule has 21 heavy (non-hydrogen) atoms. The van der Waals surface area contributed by atoms with Gasteiger partial charge in [-0.2, -0.15) is 0 Å². The SMILES string of the molecule is CNC(=O)C1CNCCN1C(=O)c1cccn1C1CCC1. The van der Waals surface area contributed by atoms with Crippen LogP contribution in [0.5, 0.6) is 0 Å². The van der Waals surface area contributed by atoms with Gasteiger partial charge >= 0.3 is 0 Å². The number of aromatic nitrogens is 1. The number of nitrogens with zero attached hydrogens (tertiary/aromatic N) is 2. The summed E-state index contributed by atoms with van der Waals surface area (Å²) in [4.78, 5) is 26.5. The van der Waals surface area contributed by atoms with Gasteiger partial charge in [-0.1, -0.05) is 0 Å². The van der Waals surface area contributed by atoms with E-state index in [0.717, 1.165) is 19.4 Å². The molecule has 0 bridgehead atoms. The van der Waals surface area contributed by atoms with Crippen LogP contribution < -0.4 is 10.6 Å². The van der Waals surface area contributed by atoms with Gasteiger partial charge in [-0.25, -0.2) is 0 Å². The number of nitrogens with one attached hydrogen (secondary N) is 2. The molecule has 1 aliphatic carbocycles. The summed E-state index contributed by atoms with van der Waals surface area (Å²) in [5.74, 6) is -0.153. The average molecular weight is 290 g/mol. The molecular weight excluding hydrogens is 268 g/mol. The minimum atomic E-state index is -0.430. The minimum Gasteiger partial charge on any atom is -0.357 e. The van der Waals surface area contributed by atoms with Crippen molar-refractivity contribution in [3.63, 3.8) is 0 Å². The summed E-state index contributed by atoms with van der Waals surface area (Å²) in [6.45, 7) is 1.80. The van der Waals surface area contributed by atoms with E-state index in [0.29, 0.717) is 24.8 Å². The topological polar surface area (TPSA) is 66.4 Å². The molecule has 1 aliphatic heterocycles. The second-order valence-corrected chi connectivity index (χ2v) is 5.72. The zero-order valence-electron chi connectivity index (χ0n) is 12.3. The number of likely N-dealkylation sites (N-methyl/N-ethyl adjacent to an activating group) is 1. The number of rotatable bonds is 3. The van der Waals surface area contributed by atoms with Gasteiger partial charge in [0.05, 0.1) is 0 Å². The summed E-state index contributed by atoms with van der Waals surface area (Å²) in [6.07, 6.45) is 5.48. The van der Waals surface area contributed by atoms with E-state index < -0.39 is 6.04 Å². The van der Waals surface area contributed by atoms with Gasteiger partial charge in [0, 0.05) is 38.9 Å². The van der Waals surface area contributed by atoms with Crippen LogP contribution in [0.1, 0.15) is 35.8 Å². The van der Waals surface area contributed by atoms with Crippen molar-refractivity contribution in [2.24, 2.45) is 0 Å². The first-order valence-corrected chi connectivity index (χ1v) is 7.62. The Bertz CT molecular complexity index is 536. The van der Waals surface area contributed by atoms with Gasteiger partial charge in [0.2, 0.25) is 5.91 Å². The van der Waals surface area contributed by atoms with Crippen LogP contribution >= 0.6 is 0 Å². The molecule has 2 aliphatic rings. The number of hydrogen-bond acceptors (Lipinski definition) is 3. The van der Waals surface area contributed by atoms with E-state index in [9.17, 15) is 9.59 Å². The maximum Gasteiger partial charge on any atom is 0.271 e. The summed E-state index contributed by atoms with van der Waals surface area (Å²) in [5, 5.41) is 5.82. The van der Waals surface area contributed by atoms with Crippen LogP contribution in [0.25, 0.3) is 0 Å². The van der Waals surface area contributed by atoms with E-state index in [1.165, 1.54) is 6.42 Å². The Morgan fingerprint density at radius 1 is 1.38 bits per heavy atom. The molecule has 1 unspecified atom stereocenters. The molecule has 1 aromatic rings. The minimum absolute atomic E-state index is 0.0398. The van der Waals surface area contributed by atoms with Crippen LogP contribution in [0.4, 0.5) is 0 Å². The molecular formula is C15H22N4O2. The summed E-state index contributed by atoms with van der Waals surface area (Å²) in [5.41, 5.74) is 0.704. The highest BCUT2D eigenvalue weighted by Gasteiger charge is 2.34. The highest BCUT2D eigenvalue weighted by Crippen LogP contribution is 2.33. The second kappa shape index (κ2) is 5.89. The molecule has 1 saturated carbocycles. The molecule has 114 valence electrons. The number of carbonyl (C=O) groups is 2. The van der Waals surface area contributed by atoms with E-state index in [1.807, 2.05) is 18.3 Å². The molecule has 0 radical (unpaired) electrons. The standard InChI is InChI=1S/C15H22N4O2/c1-16-14(20)13-10-17-7-9-19(13)15(21)12-6-3-8-18(12)11-4-2-5-11/h3,6,8,11,13,17H,2,4-5,7,9-10H2,1H3,(H,16,20). The first kappa shape index (κ1) is 14.1. The summed E-state index contributed by atoms with van der Waals surface area (Å²) < 4.78 is 2.08. The Hall–Kier alpha value is -1.82. The molecule has 2 fully saturated rings. The molecule has 0 aromatic carbocycles. The van der Waals surface area contributed by atoms with E-state index in [4.69, 9.17) is 0 Å². The number of amides is 2. The fourth-order valence-electron chi connectivity index (χ4n) is 3.05. The first-order chi connectivity index (χ1) is 10.2. The Labute approximate surface area is 124 Å². The molecule has 1 aromatic heterocycles. The maximum absolute atomic E-state index is 12.9. The molecule has 2 heterocycles. The number of piperazine rings is 1. The third-order valence-electron chi connectivity index (χ3n) is 4.52. The predicted molar refractivity (Wildman–Crippen MR) is 79.1 cm³/mol. The summed E-state index contributed by atoms with van der Waals surface area (Å²) in [7, 11) is 1.61. The molecule has 1 atom stereocenters. The highest BCUT2D eigenvalue weighted by atomic mass is 16.2. The average Bonchev–Trinajstić information content (AvgIpc) is 2.93. The normalized spacial score (nSPS) is 22.7. The lowest BCUT2D eigenvalue weighted by Crippen LogP contribution is -2.59. The van der Waals surface area contributed by atoms with Crippen molar-refractivity contribution in [1.29, 1.82) is 0 Å². The quantitative estimate of drug-likeness (QED) is 0.845. The van der Waals surface area contributed by atoms with Crippen LogP contribution in [-0.4, -0.2) is 54.0 Å². The fourth-order valence-corrected chi connectivity index (χ4v) is 3.05. The van der Waals surface area contributed by atoms with Crippen molar-refractivity contribution in [3.8, 4) is 0 Å². The van der Waals surface area contributed by atoms with Crippen LogP contribution in [-0.2, 0) is 4.79 Å². The zero-order valence-corrected chi connectivity index (χ0v) is 12.3. The van der Waals surface area contributed by atoms with Crippen molar-refractivity contribution < 1.29 is 9.59 Å². The summed E-state index contributed by atoms with van der Waals surface area (Å²) in [6, 6.07) is 3.80. The Morgan fingerprint density at radius 2 is 2.19 bits per heavy atom. The van der Waals surface area contributed by atoms with E-state index in [1.54, 1.807) is 11.9 Å². The fraction of sp³-hybridized carbons (Fsp3) is 0.600. The van der Waals surface area contributed by atoms with Crippen molar-refractivity contribution in [1.82, 2.24) is 20.1 Å². The van der Waals surface area contributed by atoms with E-state index in [2.05, 4.69) is 15.2 Å². The Kier molecular flexibility index (Phi) is 3.96. The van der Waals surface area contributed by atoms with Crippen LogP contribution in [0, 0.1) is 0 Å². The second-order valence-electron chi connectivity index (χ2n) is 5.72. The molecule has 1 saturated heterocycles. The van der Waals surface area contributed by atoms with Gasteiger partial charge in [-0.15, -0.1) is 0 Å². The van der Waals surface area contributed by atoms with Gasteiger partial charge < -0.3 is 20.1 Å². The zero-order chi connectivity index (χ0) is 14.8. The Balaban J connectivity index is 1.82. The first-order valence-electron chi connectivity index (χ1n) is 7.62. The third kappa shape index (κ3) is 2.55. The lowest BCUT2D eigenvalue weighted by Gasteiger charge is -2.36. The molecule has 3 rings (SSSR count). The molecule has 2 N–H and O–H groups in total. The number of carbonyl (C=O) groups excluding carboxylic acids is 2. The van der Waals surface area contributed by atoms with Gasteiger partial charge in [0.25, 0.3) is 5.91 Å². The molecule has 0 spiro atoms. The van der Waals surface area contributed by atoms with Crippen LogP contribution in [0.3, 0.4) is 0 Å². The maximum atomic E-state index is 12.9. The predicted octanol–water partition coefficient (Wildman–Crippen LogP) is 0.373. The largest absolute Gasteiger partial charge is 0.357 e. The third-order valence-corrected chi connectivity index (χ3v) is 4.52. The molecule has 6 heteroatoms. The van der Waals surface area contributed by atoms with Crippen molar-refractivity contribution in [2.45, 2.75) is 31.3 Å². The van der Waals surface area contributed by atoms with Gasteiger partial charge in [-0.3, -0.25) is 9.59 Å². The van der Waals surface area contributed by atoms with Crippen molar-refractivity contribution >= 4 is 11.8 Å². The monoisotopic (exact) mass is 290 g/mol. The van der Waals surface area contributed by atoms with Gasteiger partial charge in [0.15, 0.2) is 0 Å². The smallest absolute Gasteiger partial charge is 0.271 e. The lowest BCUT2D eigenvalue weighted by atomic mass is 9.92. The van der Waals surface area contributed by atoms with Gasteiger partial charge in [0.1, 0.15) is 11.7 Å². The van der Waals surface area contributed by atoms with Crippen LogP contribution in [0.15, 0.2) is 18.3 Å². The van der Waals surface area contributed by atoms with Crippen molar-refractivity contribution in [2.75, 3.05) is 26.7 Å². The lowest BCUT2D eigenvalue weighted by molar-refractivity contribution is -0.125.